The van der Waals surface area contributed by atoms with Crippen LogP contribution in [0.5, 0.6) is 0 Å². The molecule has 0 radical (unpaired) electrons. The summed E-state index contributed by atoms with van der Waals surface area (Å²) in [6.07, 6.45) is 0. The number of para-hydroxylation sites is 1. The largest absolute Gasteiger partial charge is 0.456 e. The van der Waals surface area contributed by atoms with Gasteiger partial charge in [0.15, 0.2) is 5.69 Å². The summed E-state index contributed by atoms with van der Waals surface area (Å²) in [6, 6.07) is 22.7. The fourth-order valence-electron chi connectivity index (χ4n) is 3.14. The van der Waals surface area contributed by atoms with Gasteiger partial charge in [0.1, 0.15) is 6.61 Å². The molecule has 0 aliphatic heterocycles. The summed E-state index contributed by atoms with van der Waals surface area (Å²) in [5.41, 5.74) is 1.72. The highest BCUT2D eigenvalue weighted by molar-refractivity contribution is 6.04. The highest BCUT2D eigenvalue weighted by Crippen LogP contribution is 2.15. The maximum absolute atomic E-state index is 12.6. The van der Waals surface area contributed by atoms with Crippen molar-refractivity contribution in [3.8, 4) is 0 Å². The van der Waals surface area contributed by atoms with E-state index < -0.39 is 5.97 Å². The number of nitrogens with one attached hydrogen (secondary N) is 1. The highest BCUT2D eigenvalue weighted by Gasteiger charge is 2.17. The van der Waals surface area contributed by atoms with Gasteiger partial charge in [0.2, 0.25) is 0 Å². The van der Waals surface area contributed by atoms with Gasteiger partial charge in [-0.15, -0.1) is 0 Å². The van der Waals surface area contributed by atoms with Crippen LogP contribution in [-0.2, 0) is 18.4 Å². The Hall–Kier alpha value is -4.26. The van der Waals surface area contributed by atoms with Crippen molar-refractivity contribution in [1.82, 2.24) is 9.78 Å². The summed E-state index contributed by atoms with van der Waals surface area (Å²) in [7, 11) is 1.49. The quantitative estimate of drug-likeness (QED) is 0.506. The molecule has 1 amide bonds. The summed E-state index contributed by atoms with van der Waals surface area (Å²) >= 11 is 0. The first kappa shape index (κ1) is 20.0. The van der Waals surface area contributed by atoms with Gasteiger partial charge in [-0.3, -0.25) is 9.59 Å². The second kappa shape index (κ2) is 8.62. The average Bonchev–Trinajstić information content (AvgIpc) is 2.81. The second-order valence-electron chi connectivity index (χ2n) is 6.92. The molecular weight excluding hydrogens is 394 g/mol. The third kappa shape index (κ3) is 4.35. The van der Waals surface area contributed by atoms with Gasteiger partial charge in [-0.1, -0.05) is 48.5 Å². The van der Waals surface area contributed by atoms with Crippen molar-refractivity contribution in [2.24, 2.45) is 7.05 Å². The van der Waals surface area contributed by atoms with Crippen molar-refractivity contribution in [2.75, 3.05) is 5.32 Å². The molecule has 7 nitrogen and oxygen atoms in total. The lowest BCUT2D eigenvalue weighted by Crippen LogP contribution is -2.23. The molecular formula is C24H19N3O4. The van der Waals surface area contributed by atoms with Gasteiger partial charge in [0.05, 0.1) is 5.39 Å². The number of amides is 1. The zero-order valence-corrected chi connectivity index (χ0v) is 16.7. The van der Waals surface area contributed by atoms with Crippen LogP contribution in [0.2, 0.25) is 0 Å². The number of carbonyl (C=O) groups excluding carboxylic acids is 2. The number of carbonyl (C=O) groups is 2. The van der Waals surface area contributed by atoms with Crippen molar-refractivity contribution in [3.05, 3.63) is 106 Å². The molecule has 0 atom stereocenters. The Balaban J connectivity index is 1.45. The lowest BCUT2D eigenvalue weighted by Gasteiger charge is -2.09. The molecule has 0 bridgehead atoms. The van der Waals surface area contributed by atoms with E-state index in [4.69, 9.17) is 4.74 Å². The molecule has 0 aliphatic rings. The second-order valence-corrected chi connectivity index (χ2v) is 6.92. The van der Waals surface area contributed by atoms with Crippen molar-refractivity contribution in [1.29, 1.82) is 0 Å². The molecule has 0 aliphatic carbocycles. The molecule has 0 fully saturated rings. The number of nitrogens with zero attached hydrogens (tertiary/aromatic N) is 2. The zero-order chi connectivity index (χ0) is 21.8. The van der Waals surface area contributed by atoms with E-state index in [1.54, 1.807) is 48.5 Å². The Morgan fingerprint density at radius 3 is 2.26 bits per heavy atom. The van der Waals surface area contributed by atoms with E-state index in [9.17, 15) is 14.4 Å². The monoisotopic (exact) mass is 413 g/mol. The molecule has 1 heterocycles. The summed E-state index contributed by atoms with van der Waals surface area (Å²) in [5.74, 6) is -0.853. The lowest BCUT2D eigenvalue weighted by molar-refractivity contribution is 0.0465. The number of fused-ring (bicyclic) bond motifs is 1. The van der Waals surface area contributed by atoms with E-state index in [2.05, 4.69) is 10.4 Å². The van der Waals surface area contributed by atoms with E-state index in [0.717, 1.165) is 10.2 Å². The van der Waals surface area contributed by atoms with Gasteiger partial charge in [0.25, 0.3) is 11.5 Å². The van der Waals surface area contributed by atoms with E-state index in [0.29, 0.717) is 22.0 Å². The molecule has 7 heteroatoms. The maximum Gasteiger partial charge on any atom is 0.359 e. The standard InChI is InChI=1S/C24H19N3O4/c1-27-23(29)20-10-6-5-9-19(20)21(26-27)24(30)31-15-16-11-13-17(14-12-16)22(28)25-18-7-3-2-4-8-18/h2-14H,15H2,1H3,(H,25,28). The summed E-state index contributed by atoms with van der Waals surface area (Å²) in [6.45, 7) is 0.0122. The number of rotatable bonds is 5. The summed E-state index contributed by atoms with van der Waals surface area (Å²) in [4.78, 5) is 37.1. The molecule has 1 aromatic heterocycles. The zero-order valence-electron chi connectivity index (χ0n) is 16.7. The van der Waals surface area contributed by atoms with Gasteiger partial charge in [-0.2, -0.15) is 5.10 Å². The molecule has 154 valence electrons. The van der Waals surface area contributed by atoms with Crippen LogP contribution >= 0.6 is 0 Å². The Labute approximate surface area is 177 Å². The number of esters is 1. The van der Waals surface area contributed by atoms with E-state index >= 15 is 0 Å². The SMILES string of the molecule is Cn1nc(C(=O)OCc2ccc(C(=O)Nc3ccccc3)cc2)c2ccccc2c1=O. The predicted molar refractivity (Wildman–Crippen MR) is 117 cm³/mol. The maximum atomic E-state index is 12.6. The average molecular weight is 413 g/mol. The minimum absolute atomic E-state index is 0.0122. The van der Waals surface area contributed by atoms with Gasteiger partial charge in [-0.05, 0) is 35.9 Å². The number of aromatic nitrogens is 2. The van der Waals surface area contributed by atoms with Crippen molar-refractivity contribution < 1.29 is 14.3 Å². The smallest absolute Gasteiger partial charge is 0.359 e. The fourth-order valence-corrected chi connectivity index (χ4v) is 3.14. The topological polar surface area (TPSA) is 90.3 Å². The van der Waals surface area contributed by atoms with Crippen molar-refractivity contribution >= 4 is 28.3 Å². The number of aryl methyl sites for hydroxylation is 1. The van der Waals surface area contributed by atoms with Crippen LogP contribution in [0.3, 0.4) is 0 Å². The van der Waals surface area contributed by atoms with E-state index in [1.807, 2.05) is 30.3 Å². The van der Waals surface area contributed by atoms with Crippen LogP contribution in [0.15, 0.2) is 83.7 Å². The van der Waals surface area contributed by atoms with E-state index in [-0.39, 0.29) is 23.8 Å². The van der Waals surface area contributed by atoms with Gasteiger partial charge in [0, 0.05) is 23.7 Å². The molecule has 0 saturated carbocycles. The van der Waals surface area contributed by atoms with Gasteiger partial charge >= 0.3 is 5.97 Å². The molecule has 31 heavy (non-hydrogen) atoms. The summed E-state index contributed by atoms with van der Waals surface area (Å²) < 4.78 is 6.52. The first-order valence-electron chi connectivity index (χ1n) is 9.61. The fraction of sp³-hybridized carbons (Fsp3) is 0.0833. The predicted octanol–water partition coefficient (Wildman–Crippen LogP) is 3.54. The van der Waals surface area contributed by atoms with Crippen LogP contribution in [0, 0.1) is 0 Å². The first-order chi connectivity index (χ1) is 15.0. The molecule has 0 spiro atoms. The van der Waals surface area contributed by atoms with E-state index in [1.165, 1.54) is 7.05 Å². The Morgan fingerprint density at radius 1 is 0.903 bits per heavy atom. The molecule has 0 unspecified atom stereocenters. The number of hydrogen-bond donors (Lipinski definition) is 1. The normalized spacial score (nSPS) is 10.6. The highest BCUT2D eigenvalue weighted by atomic mass is 16.5. The number of ether oxygens (including phenoxy) is 1. The molecule has 4 aromatic rings. The van der Waals surface area contributed by atoms with Crippen LogP contribution in [0.4, 0.5) is 5.69 Å². The third-order valence-electron chi connectivity index (χ3n) is 4.77. The minimum Gasteiger partial charge on any atom is -0.456 e. The number of anilines is 1. The number of benzene rings is 3. The minimum atomic E-state index is -0.627. The van der Waals surface area contributed by atoms with Gasteiger partial charge in [-0.25, -0.2) is 9.48 Å². The lowest BCUT2D eigenvalue weighted by atomic mass is 10.1. The van der Waals surface area contributed by atoms with Crippen LogP contribution < -0.4 is 10.9 Å². The number of hydrogen-bond acceptors (Lipinski definition) is 5. The Bertz CT molecular complexity index is 1310. The first-order valence-corrected chi connectivity index (χ1v) is 9.61. The molecule has 3 aromatic carbocycles. The summed E-state index contributed by atoms with van der Waals surface area (Å²) in [5, 5.41) is 7.73. The van der Waals surface area contributed by atoms with Crippen molar-refractivity contribution in [2.45, 2.75) is 6.61 Å². The third-order valence-corrected chi connectivity index (χ3v) is 4.77. The molecule has 1 N–H and O–H groups in total. The Morgan fingerprint density at radius 2 is 1.55 bits per heavy atom. The molecule has 0 saturated heterocycles. The van der Waals surface area contributed by atoms with Crippen LogP contribution in [0.1, 0.15) is 26.4 Å². The van der Waals surface area contributed by atoms with Crippen LogP contribution in [-0.4, -0.2) is 21.7 Å². The Kier molecular flexibility index (Phi) is 5.57. The van der Waals surface area contributed by atoms with Crippen LogP contribution in [0.25, 0.3) is 10.8 Å². The van der Waals surface area contributed by atoms with Gasteiger partial charge < -0.3 is 10.1 Å². The van der Waals surface area contributed by atoms with Crippen molar-refractivity contribution in [3.63, 3.8) is 0 Å². The molecule has 4 rings (SSSR count).